The first-order valence-corrected chi connectivity index (χ1v) is 10.7. The van der Waals surface area contributed by atoms with E-state index >= 15 is 0 Å². The average molecular weight is 437 g/mol. The number of Topliss-reactive ketones (excluding diaryl/α,β-unsaturated/α-hetero) is 1. The Labute approximate surface area is 187 Å². The van der Waals surface area contributed by atoms with E-state index in [2.05, 4.69) is 0 Å². The molecule has 4 rings (SSSR count). The molecule has 1 saturated heterocycles. The predicted octanol–water partition coefficient (Wildman–Crippen LogP) is 3.48. The lowest BCUT2D eigenvalue weighted by Gasteiger charge is -2.25. The fraction of sp³-hybridized carbons (Fsp3) is 0.360. The van der Waals surface area contributed by atoms with E-state index in [1.807, 2.05) is 19.1 Å². The molecule has 2 atom stereocenters. The molecule has 2 aliphatic rings. The van der Waals surface area contributed by atoms with E-state index in [0.717, 1.165) is 17.7 Å². The van der Waals surface area contributed by atoms with Crippen molar-refractivity contribution >= 4 is 17.4 Å². The van der Waals surface area contributed by atoms with E-state index in [9.17, 15) is 14.7 Å². The van der Waals surface area contributed by atoms with Crippen LogP contribution in [0.2, 0.25) is 0 Å². The third kappa shape index (κ3) is 3.96. The molecule has 2 unspecified atom stereocenters. The number of hydrogen-bond acceptors (Lipinski definition) is 6. The molecule has 7 heteroatoms. The Hall–Kier alpha value is -3.32. The van der Waals surface area contributed by atoms with Gasteiger partial charge in [-0.2, -0.15) is 0 Å². The predicted molar refractivity (Wildman–Crippen MR) is 119 cm³/mol. The molecule has 1 amide bonds. The number of likely N-dealkylation sites (tertiary alicyclic amines) is 1. The Bertz CT molecular complexity index is 1080. The van der Waals surface area contributed by atoms with E-state index in [0.29, 0.717) is 36.4 Å². The zero-order chi connectivity index (χ0) is 22.8. The van der Waals surface area contributed by atoms with Crippen molar-refractivity contribution in [2.75, 3.05) is 27.4 Å². The molecule has 32 heavy (non-hydrogen) atoms. The van der Waals surface area contributed by atoms with Crippen molar-refractivity contribution in [2.45, 2.75) is 31.9 Å². The van der Waals surface area contributed by atoms with Gasteiger partial charge in [-0.25, -0.2) is 0 Å². The highest BCUT2D eigenvalue weighted by molar-refractivity contribution is 6.46. The Kier molecular flexibility index (Phi) is 6.19. The number of nitrogens with zero attached hydrogens (tertiary/aromatic N) is 1. The van der Waals surface area contributed by atoms with Crippen LogP contribution in [-0.2, 0) is 20.7 Å². The van der Waals surface area contributed by atoms with Gasteiger partial charge in [-0.15, -0.1) is 0 Å². The van der Waals surface area contributed by atoms with E-state index in [1.54, 1.807) is 44.6 Å². The van der Waals surface area contributed by atoms with Gasteiger partial charge in [0.05, 0.1) is 18.7 Å². The number of carbonyl (C=O) groups is 2. The van der Waals surface area contributed by atoms with Crippen molar-refractivity contribution in [3.05, 3.63) is 64.7 Å². The Morgan fingerprint density at radius 2 is 2.00 bits per heavy atom. The van der Waals surface area contributed by atoms with Crippen molar-refractivity contribution < 1.29 is 28.9 Å². The number of ether oxygens (including phenoxy) is 3. The van der Waals surface area contributed by atoms with E-state index in [-0.39, 0.29) is 17.4 Å². The summed E-state index contributed by atoms with van der Waals surface area (Å²) in [5, 5.41) is 11.2. The van der Waals surface area contributed by atoms with E-state index in [4.69, 9.17) is 14.2 Å². The summed E-state index contributed by atoms with van der Waals surface area (Å²) in [6.07, 6.45) is 1.35. The second-order valence-electron chi connectivity index (χ2n) is 8.07. The first kappa shape index (κ1) is 21.9. The van der Waals surface area contributed by atoms with Gasteiger partial charge in [-0.3, -0.25) is 9.59 Å². The number of fused-ring (bicyclic) bond motifs is 1. The molecule has 2 aliphatic heterocycles. The quantitative estimate of drug-likeness (QED) is 0.309. The Balaban J connectivity index is 1.81. The number of rotatable bonds is 7. The zero-order valence-corrected chi connectivity index (χ0v) is 18.5. The summed E-state index contributed by atoms with van der Waals surface area (Å²) >= 11 is 0. The van der Waals surface area contributed by atoms with Gasteiger partial charge in [0.15, 0.2) is 0 Å². The maximum atomic E-state index is 13.1. The van der Waals surface area contributed by atoms with Crippen LogP contribution in [0.5, 0.6) is 11.5 Å². The van der Waals surface area contributed by atoms with Crippen LogP contribution < -0.4 is 9.47 Å². The molecular weight excluding hydrogens is 410 g/mol. The molecule has 168 valence electrons. The van der Waals surface area contributed by atoms with Crippen molar-refractivity contribution in [1.82, 2.24) is 4.90 Å². The molecule has 2 aromatic rings. The standard InChI is InChI=1S/C25H27NO6/c1-15-12-18-13-17(8-9-20(18)32-15)23(27)21-22(16-6-4-7-19(14-16)31-3)26(10-5-11-30-2)25(29)24(21)28/h4,6-9,13-15,22,27H,5,10-12H2,1-3H3. The molecule has 1 N–H and O–H groups in total. The van der Waals surface area contributed by atoms with Gasteiger partial charge in [0.1, 0.15) is 23.4 Å². The maximum Gasteiger partial charge on any atom is 0.295 e. The van der Waals surface area contributed by atoms with Gasteiger partial charge in [-0.1, -0.05) is 12.1 Å². The lowest BCUT2D eigenvalue weighted by atomic mass is 9.94. The van der Waals surface area contributed by atoms with Crippen molar-refractivity contribution in [2.24, 2.45) is 0 Å². The Morgan fingerprint density at radius 1 is 1.19 bits per heavy atom. The lowest BCUT2D eigenvalue weighted by Crippen LogP contribution is -2.31. The van der Waals surface area contributed by atoms with E-state index in [1.165, 1.54) is 4.90 Å². The van der Waals surface area contributed by atoms with Crippen LogP contribution in [-0.4, -0.2) is 55.2 Å². The summed E-state index contributed by atoms with van der Waals surface area (Å²) in [4.78, 5) is 27.5. The van der Waals surface area contributed by atoms with E-state index < -0.39 is 17.7 Å². The fourth-order valence-corrected chi connectivity index (χ4v) is 4.37. The average Bonchev–Trinajstić information content (AvgIpc) is 3.29. The van der Waals surface area contributed by atoms with Crippen LogP contribution in [0.4, 0.5) is 0 Å². The molecule has 7 nitrogen and oxygen atoms in total. The minimum Gasteiger partial charge on any atom is -0.507 e. The highest BCUT2D eigenvalue weighted by Crippen LogP contribution is 2.41. The molecule has 0 aromatic heterocycles. The normalized spacial score (nSPS) is 21.5. The third-order valence-corrected chi connectivity index (χ3v) is 5.87. The number of carbonyl (C=O) groups excluding carboxylic acids is 2. The van der Waals surface area contributed by atoms with Crippen LogP contribution in [0.3, 0.4) is 0 Å². The molecule has 0 bridgehead atoms. The molecule has 2 heterocycles. The monoisotopic (exact) mass is 437 g/mol. The summed E-state index contributed by atoms with van der Waals surface area (Å²) in [7, 11) is 3.15. The molecule has 0 aliphatic carbocycles. The molecule has 0 spiro atoms. The summed E-state index contributed by atoms with van der Waals surface area (Å²) in [5.41, 5.74) is 2.23. The number of methoxy groups -OCH3 is 2. The Morgan fingerprint density at radius 3 is 2.75 bits per heavy atom. The van der Waals surface area contributed by atoms with Crippen LogP contribution >= 0.6 is 0 Å². The van der Waals surface area contributed by atoms with Crippen LogP contribution in [0.1, 0.15) is 36.1 Å². The molecule has 1 fully saturated rings. The number of amides is 1. The first-order chi connectivity index (χ1) is 15.4. The van der Waals surface area contributed by atoms with Crippen LogP contribution in [0.15, 0.2) is 48.0 Å². The zero-order valence-electron chi connectivity index (χ0n) is 18.5. The largest absolute Gasteiger partial charge is 0.507 e. The number of hydrogen-bond donors (Lipinski definition) is 1. The minimum atomic E-state index is -0.717. The first-order valence-electron chi connectivity index (χ1n) is 10.7. The second-order valence-corrected chi connectivity index (χ2v) is 8.07. The minimum absolute atomic E-state index is 0.0607. The highest BCUT2D eigenvalue weighted by atomic mass is 16.5. The van der Waals surface area contributed by atoms with Gasteiger partial charge >= 0.3 is 0 Å². The van der Waals surface area contributed by atoms with Gasteiger partial charge in [0, 0.05) is 32.2 Å². The molecule has 0 radical (unpaired) electrons. The number of aliphatic hydroxyl groups is 1. The molecule has 0 saturated carbocycles. The van der Waals surface area contributed by atoms with Gasteiger partial charge in [0.2, 0.25) is 0 Å². The van der Waals surface area contributed by atoms with Gasteiger partial charge in [-0.05, 0) is 54.8 Å². The summed E-state index contributed by atoms with van der Waals surface area (Å²) in [6.45, 7) is 2.76. The van der Waals surface area contributed by atoms with Crippen molar-refractivity contribution in [3.8, 4) is 11.5 Å². The molecule has 2 aromatic carbocycles. The summed E-state index contributed by atoms with van der Waals surface area (Å²) in [5.74, 6) is -0.133. The maximum absolute atomic E-state index is 13.1. The lowest BCUT2D eigenvalue weighted by molar-refractivity contribution is -0.140. The fourth-order valence-electron chi connectivity index (χ4n) is 4.37. The van der Waals surface area contributed by atoms with Crippen molar-refractivity contribution in [1.29, 1.82) is 0 Å². The third-order valence-electron chi connectivity index (χ3n) is 5.87. The number of ketones is 1. The van der Waals surface area contributed by atoms with Gasteiger partial charge in [0.25, 0.3) is 11.7 Å². The number of aliphatic hydroxyl groups excluding tert-OH is 1. The van der Waals surface area contributed by atoms with Crippen LogP contribution in [0.25, 0.3) is 5.76 Å². The topological polar surface area (TPSA) is 85.3 Å². The summed E-state index contributed by atoms with van der Waals surface area (Å²) < 4.78 is 16.2. The summed E-state index contributed by atoms with van der Waals surface area (Å²) in [6, 6.07) is 11.8. The second kappa shape index (κ2) is 9.04. The highest BCUT2D eigenvalue weighted by Gasteiger charge is 2.46. The SMILES string of the molecule is COCCCN1C(=O)C(=O)C(=C(O)c2ccc3c(c2)CC(C)O3)C1c1cccc(OC)c1. The van der Waals surface area contributed by atoms with Crippen LogP contribution in [0, 0.1) is 0 Å². The van der Waals surface area contributed by atoms with Gasteiger partial charge < -0.3 is 24.2 Å². The molecular formula is C25H27NO6. The van der Waals surface area contributed by atoms with Crippen molar-refractivity contribution in [3.63, 3.8) is 0 Å². The smallest absolute Gasteiger partial charge is 0.295 e. The number of benzene rings is 2.